The fourth-order valence-corrected chi connectivity index (χ4v) is 2.30. The van der Waals surface area contributed by atoms with Crippen LogP contribution in [-0.4, -0.2) is 40.7 Å². The first-order chi connectivity index (χ1) is 6.83. The second-order valence-corrected chi connectivity index (χ2v) is 10.6. The van der Waals surface area contributed by atoms with Gasteiger partial charge in [0.15, 0.2) is 8.32 Å². The summed E-state index contributed by atoms with van der Waals surface area (Å²) in [5, 5.41) is 3.71. The molecule has 1 saturated heterocycles. The lowest BCUT2D eigenvalue weighted by molar-refractivity contribution is 0.0569. The van der Waals surface area contributed by atoms with Gasteiger partial charge in [-0.3, -0.25) is 0 Å². The maximum Gasteiger partial charge on any atom is 0.192 e. The van der Waals surface area contributed by atoms with Gasteiger partial charge in [-0.25, -0.2) is 0 Å². The summed E-state index contributed by atoms with van der Waals surface area (Å²) in [6.07, 6.45) is 0. The molecule has 0 bridgehead atoms. The van der Waals surface area contributed by atoms with Gasteiger partial charge in [-0.05, 0) is 18.1 Å². The molecule has 1 aliphatic heterocycles. The molecule has 1 heterocycles. The quantitative estimate of drug-likeness (QED) is 0.754. The zero-order chi connectivity index (χ0) is 11.5. The SMILES string of the molecule is CC(C)(C)[Si](C)(C)OC[C@H]1COCCN1. The van der Waals surface area contributed by atoms with E-state index in [1.54, 1.807) is 0 Å². The van der Waals surface area contributed by atoms with Crippen LogP contribution in [-0.2, 0) is 9.16 Å². The summed E-state index contributed by atoms with van der Waals surface area (Å²) in [6, 6.07) is 0.382. The van der Waals surface area contributed by atoms with Crippen LogP contribution in [0.1, 0.15) is 20.8 Å². The minimum atomic E-state index is -1.58. The Morgan fingerprint density at radius 3 is 2.53 bits per heavy atom. The molecular formula is C11H25NO2Si. The van der Waals surface area contributed by atoms with Crippen molar-refractivity contribution in [1.29, 1.82) is 0 Å². The highest BCUT2D eigenvalue weighted by molar-refractivity contribution is 6.74. The third-order valence-electron chi connectivity index (χ3n) is 3.45. The van der Waals surface area contributed by atoms with Gasteiger partial charge in [0.2, 0.25) is 0 Å². The number of nitrogens with one attached hydrogen (secondary N) is 1. The van der Waals surface area contributed by atoms with E-state index < -0.39 is 8.32 Å². The van der Waals surface area contributed by atoms with E-state index in [2.05, 4.69) is 39.2 Å². The summed E-state index contributed by atoms with van der Waals surface area (Å²) in [4.78, 5) is 0. The molecule has 0 amide bonds. The van der Waals surface area contributed by atoms with E-state index in [0.717, 1.165) is 26.4 Å². The Hall–Kier alpha value is 0.0969. The van der Waals surface area contributed by atoms with Gasteiger partial charge in [-0.1, -0.05) is 20.8 Å². The highest BCUT2D eigenvalue weighted by atomic mass is 28.4. The predicted molar refractivity (Wildman–Crippen MR) is 65.8 cm³/mol. The number of hydrogen-bond donors (Lipinski definition) is 1. The molecule has 0 aromatic rings. The van der Waals surface area contributed by atoms with Crippen LogP contribution in [0.15, 0.2) is 0 Å². The highest BCUT2D eigenvalue weighted by Crippen LogP contribution is 2.36. The molecule has 90 valence electrons. The first-order valence-electron chi connectivity index (χ1n) is 5.78. The standard InChI is InChI=1S/C11H25NO2Si/c1-11(2,3)15(4,5)14-9-10-8-13-7-6-12-10/h10,12H,6-9H2,1-5H3/t10-/m1/s1. The molecule has 0 aliphatic carbocycles. The van der Waals surface area contributed by atoms with Gasteiger partial charge in [-0.15, -0.1) is 0 Å². The molecule has 0 aromatic carbocycles. The van der Waals surface area contributed by atoms with E-state index in [4.69, 9.17) is 9.16 Å². The van der Waals surface area contributed by atoms with Crippen LogP contribution >= 0.6 is 0 Å². The third-order valence-corrected chi connectivity index (χ3v) is 7.95. The van der Waals surface area contributed by atoms with Crippen LogP contribution in [0, 0.1) is 0 Å². The smallest absolute Gasteiger partial charge is 0.192 e. The maximum absolute atomic E-state index is 6.13. The second-order valence-electron chi connectivity index (χ2n) is 5.80. The Balaban J connectivity index is 2.35. The molecule has 1 N–H and O–H groups in total. The van der Waals surface area contributed by atoms with E-state index in [1.807, 2.05) is 0 Å². The third kappa shape index (κ3) is 3.87. The first-order valence-corrected chi connectivity index (χ1v) is 8.69. The Morgan fingerprint density at radius 2 is 2.07 bits per heavy atom. The van der Waals surface area contributed by atoms with Crippen LogP contribution in [0.25, 0.3) is 0 Å². The average Bonchev–Trinajstić information content (AvgIpc) is 2.15. The van der Waals surface area contributed by atoms with Crippen molar-refractivity contribution >= 4 is 8.32 Å². The highest BCUT2D eigenvalue weighted by Gasteiger charge is 2.37. The molecule has 15 heavy (non-hydrogen) atoms. The minimum Gasteiger partial charge on any atom is -0.415 e. The van der Waals surface area contributed by atoms with Gasteiger partial charge in [-0.2, -0.15) is 0 Å². The largest absolute Gasteiger partial charge is 0.415 e. The Labute approximate surface area is 94.7 Å². The normalized spacial score (nSPS) is 24.2. The lowest BCUT2D eigenvalue weighted by Gasteiger charge is -2.37. The molecule has 0 unspecified atom stereocenters. The van der Waals surface area contributed by atoms with Crippen molar-refractivity contribution in [2.45, 2.75) is 44.9 Å². The average molecular weight is 231 g/mol. The lowest BCUT2D eigenvalue weighted by Crippen LogP contribution is -2.49. The molecule has 4 heteroatoms. The fourth-order valence-electron chi connectivity index (χ4n) is 1.25. The van der Waals surface area contributed by atoms with E-state index in [-0.39, 0.29) is 0 Å². The number of hydrogen-bond acceptors (Lipinski definition) is 3. The summed E-state index contributed by atoms with van der Waals surface area (Å²) < 4.78 is 11.5. The minimum absolute atomic E-state index is 0.294. The fraction of sp³-hybridized carbons (Fsp3) is 1.00. The Bertz CT molecular complexity index is 195. The zero-order valence-corrected chi connectivity index (χ0v) is 11.7. The summed E-state index contributed by atoms with van der Waals surface area (Å²) in [5.41, 5.74) is 0. The van der Waals surface area contributed by atoms with Crippen molar-refractivity contribution in [3.8, 4) is 0 Å². The molecule has 1 atom stereocenters. The molecular weight excluding hydrogens is 206 g/mol. The van der Waals surface area contributed by atoms with E-state index >= 15 is 0 Å². The topological polar surface area (TPSA) is 30.5 Å². The second kappa shape index (κ2) is 4.95. The molecule has 0 spiro atoms. The van der Waals surface area contributed by atoms with Gasteiger partial charge in [0.1, 0.15) is 0 Å². The number of ether oxygens (including phenoxy) is 1. The van der Waals surface area contributed by atoms with Crippen molar-refractivity contribution in [2.24, 2.45) is 0 Å². The monoisotopic (exact) mass is 231 g/mol. The van der Waals surface area contributed by atoms with E-state index in [0.29, 0.717) is 11.1 Å². The molecule has 1 aliphatic rings. The number of rotatable bonds is 3. The van der Waals surface area contributed by atoms with Gasteiger partial charge >= 0.3 is 0 Å². The van der Waals surface area contributed by atoms with Gasteiger partial charge in [0, 0.05) is 6.54 Å². The van der Waals surface area contributed by atoms with Crippen molar-refractivity contribution in [1.82, 2.24) is 5.32 Å². The molecule has 3 nitrogen and oxygen atoms in total. The maximum atomic E-state index is 6.13. The molecule has 0 radical (unpaired) electrons. The molecule has 0 saturated carbocycles. The van der Waals surface area contributed by atoms with Crippen LogP contribution in [0.4, 0.5) is 0 Å². The molecule has 1 rings (SSSR count). The van der Waals surface area contributed by atoms with Crippen LogP contribution < -0.4 is 5.32 Å². The van der Waals surface area contributed by atoms with Gasteiger partial charge in [0.05, 0.1) is 25.9 Å². The van der Waals surface area contributed by atoms with Crippen molar-refractivity contribution in [3.05, 3.63) is 0 Å². The zero-order valence-electron chi connectivity index (χ0n) is 10.7. The lowest BCUT2D eigenvalue weighted by atomic mass is 10.2. The van der Waals surface area contributed by atoms with Gasteiger partial charge in [0.25, 0.3) is 0 Å². The van der Waals surface area contributed by atoms with Crippen molar-refractivity contribution in [2.75, 3.05) is 26.4 Å². The summed E-state index contributed by atoms with van der Waals surface area (Å²) >= 11 is 0. The number of morpholine rings is 1. The summed E-state index contributed by atoms with van der Waals surface area (Å²) in [5.74, 6) is 0. The Kier molecular flexibility index (Phi) is 4.35. The van der Waals surface area contributed by atoms with Crippen molar-refractivity contribution in [3.63, 3.8) is 0 Å². The van der Waals surface area contributed by atoms with Crippen LogP contribution in [0.5, 0.6) is 0 Å². The molecule has 0 aromatic heterocycles. The molecule has 1 fully saturated rings. The van der Waals surface area contributed by atoms with Gasteiger partial charge < -0.3 is 14.5 Å². The summed E-state index contributed by atoms with van der Waals surface area (Å²) in [7, 11) is -1.58. The van der Waals surface area contributed by atoms with Crippen molar-refractivity contribution < 1.29 is 9.16 Å². The predicted octanol–water partition coefficient (Wildman–Crippen LogP) is 2.00. The first kappa shape index (κ1) is 13.2. The summed E-state index contributed by atoms with van der Waals surface area (Å²) in [6.45, 7) is 14.7. The van der Waals surface area contributed by atoms with Crippen LogP contribution in [0.2, 0.25) is 18.1 Å². The van der Waals surface area contributed by atoms with Crippen LogP contribution in [0.3, 0.4) is 0 Å². The van der Waals surface area contributed by atoms with E-state index in [9.17, 15) is 0 Å². The van der Waals surface area contributed by atoms with E-state index in [1.165, 1.54) is 0 Å². The Morgan fingerprint density at radius 1 is 1.40 bits per heavy atom.